The summed E-state index contributed by atoms with van der Waals surface area (Å²) < 4.78 is 13.8. The van der Waals surface area contributed by atoms with E-state index in [1.54, 1.807) is 36.0 Å². The van der Waals surface area contributed by atoms with Crippen LogP contribution >= 0.6 is 0 Å². The molecule has 184 valence electrons. The topological polar surface area (TPSA) is 97.5 Å². The minimum atomic E-state index is -0.595. The van der Waals surface area contributed by atoms with Crippen LogP contribution in [-0.2, 0) is 23.1 Å². The van der Waals surface area contributed by atoms with E-state index in [1.165, 1.54) is 4.68 Å². The van der Waals surface area contributed by atoms with Crippen LogP contribution in [-0.4, -0.2) is 28.4 Å². The van der Waals surface area contributed by atoms with Crippen molar-refractivity contribution in [2.45, 2.75) is 13.3 Å². The van der Waals surface area contributed by atoms with Gasteiger partial charge in [-0.1, -0.05) is 37.3 Å². The van der Waals surface area contributed by atoms with Crippen LogP contribution in [0.2, 0.25) is 0 Å². The number of fused-ring (bicyclic) bond motifs is 1. The summed E-state index contributed by atoms with van der Waals surface area (Å²) >= 11 is 0. The lowest BCUT2D eigenvalue weighted by molar-refractivity contribution is -0.577. The van der Waals surface area contributed by atoms with E-state index < -0.39 is 17.4 Å². The number of hydrogen-bond acceptors (Lipinski definition) is 5. The van der Waals surface area contributed by atoms with Gasteiger partial charge in [-0.3, -0.25) is 24.2 Å². The lowest BCUT2D eigenvalue weighted by Crippen LogP contribution is -2.40. The number of hydrogen-bond donors (Lipinski definition) is 1. The third-order valence-electron chi connectivity index (χ3n) is 6.56. The Balaban J connectivity index is 1.61. The average molecular weight is 496 g/mol. The molecule has 2 aliphatic rings. The van der Waals surface area contributed by atoms with Crippen molar-refractivity contribution in [3.63, 3.8) is 0 Å². The van der Waals surface area contributed by atoms with Gasteiger partial charge in [0.15, 0.2) is 23.9 Å². The number of ether oxygens (including phenoxy) is 2. The van der Waals surface area contributed by atoms with Crippen molar-refractivity contribution < 1.29 is 23.6 Å². The number of aromatic nitrogens is 3. The molecule has 0 fully saturated rings. The summed E-state index contributed by atoms with van der Waals surface area (Å²) in [6, 6.07) is 17.9. The van der Waals surface area contributed by atoms with Crippen LogP contribution in [0.3, 0.4) is 0 Å². The summed E-state index contributed by atoms with van der Waals surface area (Å²) in [5.74, 6) is -0.162. The van der Waals surface area contributed by atoms with E-state index in [2.05, 4.69) is 5.10 Å². The fourth-order valence-corrected chi connectivity index (χ4v) is 4.71. The summed E-state index contributed by atoms with van der Waals surface area (Å²) in [7, 11) is 1.58. The maximum Gasteiger partial charge on any atom is 0.331 e. The number of nitrogens with one attached hydrogen (secondary N) is 1. The number of aromatic amines is 1. The molecule has 1 N–H and O–H groups in total. The van der Waals surface area contributed by atoms with Gasteiger partial charge in [0.25, 0.3) is 17.2 Å². The predicted octanol–water partition coefficient (Wildman–Crippen LogP) is 2.90. The van der Waals surface area contributed by atoms with Crippen LogP contribution in [0.1, 0.15) is 18.1 Å². The molecule has 9 heteroatoms. The summed E-state index contributed by atoms with van der Waals surface area (Å²) in [6.07, 6.45) is 4.25. The van der Waals surface area contributed by atoms with E-state index >= 15 is 0 Å². The molecule has 0 radical (unpaired) electrons. The van der Waals surface area contributed by atoms with Gasteiger partial charge in [0.1, 0.15) is 5.57 Å². The van der Waals surface area contributed by atoms with Gasteiger partial charge >= 0.3 is 5.91 Å². The molecule has 2 aromatic carbocycles. The van der Waals surface area contributed by atoms with Gasteiger partial charge in [-0.05, 0) is 24.6 Å². The van der Waals surface area contributed by atoms with Crippen LogP contribution in [0.4, 0.5) is 5.69 Å². The first-order valence-corrected chi connectivity index (χ1v) is 11.9. The second-order valence-electron chi connectivity index (χ2n) is 8.77. The number of H-pyrrole nitrogens is 1. The number of rotatable bonds is 5. The van der Waals surface area contributed by atoms with Crippen molar-refractivity contribution in [1.29, 1.82) is 0 Å². The second-order valence-corrected chi connectivity index (χ2v) is 8.77. The van der Waals surface area contributed by atoms with E-state index in [4.69, 9.17) is 9.47 Å². The Morgan fingerprint density at radius 1 is 0.946 bits per heavy atom. The highest BCUT2D eigenvalue weighted by molar-refractivity contribution is 6.53. The summed E-state index contributed by atoms with van der Waals surface area (Å²) in [5, 5.41) is 3.07. The molecule has 0 saturated carbocycles. The molecule has 0 atom stereocenters. The van der Waals surface area contributed by atoms with Gasteiger partial charge in [0, 0.05) is 30.3 Å². The minimum absolute atomic E-state index is 0.0293. The molecule has 0 unspecified atom stereocenters. The van der Waals surface area contributed by atoms with Gasteiger partial charge in [-0.2, -0.15) is 4.57 Å². The Morgan fingerprint density at radius 2 is 1.73 bits per heavy atom. The largest absolute Gasteiger partial charge is 0.454 e. The van der Waals surface area contributed by atoms with Crippen LogP contribution in [0.25, 0.3) is 22.5 Å². The standard InChI is InChI=1S/C28H22N4O5/c1-3-17-8-7-13-31(15-17)25-23(22-24(29-30(2)26(22)33)18-9-5-4-6-10-18)27(34)32(28(25)35)19-11-12-20-21(14-19)37-16-36-20/h4-15H,3,16H2,1-2H3/p+1. The molecule has 0 bridgehead atoms. The Bertz CT molecular complexity index is 1670. The molecule has 0 spiro atoms. The van der Waals surface area contributed by atoms with Crippen LogP contribution < -0.4 is 24.5 Å². The number of benzene rings is 2. The van der Waals surface area contributed by atoms with Gasteiger partial charge in [0.05, 0.1) is 16.9 Å². The van der Waals surface area contributed by atoms with Crippen molar-refractivity contribution in [3.8, 4) is 22.8 Å². The Labute approximate surface area is 211 Å². The number of pyridine rings is 1. The van der Waals surface area contributed by atoms with E-state index in [0.717, 1.165) is 22.4 Å². The lowest BCUT2D eigenvalue weighted by Gasteiger charge is -2.14. The van der Waals surface area contributed by atoms with E-state index in [9.17, 15) is 14.4 Å². The molecule has 2 aliphatic heterocycles. The summed E-state index contributed by atoms with van der Waals surface area (Å²) in [4.78, 5) is 42.7. The SMILES string of the molecule is CCc1ccc[n+](C2=C(c3c(-c4ccccc4)[nH]n(C)c3=O)C(=O)N(c3ccc4c(c3)OCO4)C2=O)c1. The zero-order chi connectivity index (χ0) is 25.7. The first-order valence-electron chi connectivity index (χ1n) is 11.9. The highest BCUT2D eigenvalue weighted by atomic mass is 16.7. The van der Waals surface area contributed by atoms with Gasteiger partial charge in [0.2, 0.25) is 6.79 Å². The molecule has 9 nitrogen and oxygen atoms in total. The predicted molar refractivity (Wildman–Crippen MR) is 136 cm³/mol. The number of carbonyl (C=O) groups excluding carboxylic acids is 2. The molecule has 0 aliphatic carbocycles. The zero-order valence-electron chi connectivity index (χ0n) is 20.2. The van der Waals surface area contributed by atoms with Crippen LogP contribution in [0, 0.1) is 0 Å². The number of imide groups is 1. The Kier molecular flexibility index (Phi) is 5.26. The summed E-state index contributed by atoms with van der Waals surface area (Å²) in [5.41, 5.74) is 2.34. The molecule has 0 saturated heterocycles. The smallest absolute Gasteiger partial charge is 0.331 e. The quantitative estimate of drug-likeness (QED) is 0.339. The third-order valence-corrected chi connectivity index (χ3v) is 6.56. The number of amides is 2. The van der Waals surface area contributed by atoms with Crippen molar-refractivity contribution in [3.05, 3.63) is 94.5 Å². The molecule has 2 aromatic heterocycles. The molecular weight excluding hydrogens is 472 g/mol. The van der Waals surface area contributed by atoms with Crippen molar-refractivity contribution in [1.82, 2.24) is 9.78 Å². The molecule has 6 rings (SSSR count). The van der Waals surface area contributed by atoms with Crippen molar-refractivity contribution in [2.75, 3.05) is 11.7 Å². The highest BCUT2D eigenvalue weighted by Crippen LogP contribution is 2.40. The number of aryl methyl sites for hydroxylation is 2. The van der Waals surface area contributed by atoms with E-state index in [0.29, 0.717) is 22.9 Å². The number of anilines is 1. The molecule has 37 heavy (non-hydrogen) atoms. The first kappa shape index (κ1) is 22.5. The molecule has 4 heterocycles. The maximum atomic E-state index is 14.1. The fraction of sp³-hybridized carbons (Fsp3) is 0.143. The lowest BCUT2D eigenvalue weighted by atomic mass is 10.00. The van der Waals surface area contributed by atoms with E-state index in [-0.39, 0.29) is 23.6 Å². The fourth-order valence-electron chi connectivity index (χ4n) is 4.71. The monoisotopic (exact) mass is 495 g/mol. The van der Waals surface area contributed by atoms with Crippen LogP contribution in [0.5, 0.6) is 11.5 Å². The molecular formula is C28H23N4O5+. The van der Waals surface area contributed by atoms with Gasteiger partial charge in [-0.15, -0.1) is 0 Å². The minimum Gasteiger partial charge on any atom is -0.454 e. The first-order chi connectivity index (χ1) is 18.0. The molecule has 2 amide bonds. The highest BCUT2D eigenvalue weighted by Gasteiger charge is 2.48. The van der Waals surface area contributed by atoms with Crippen LogP contribution in [0.15, 0.2) is 77.9 Å². The van der Waals surface area contributed by atoms with Crippen molar-refractivity contribution in [2.24, 2.45) is 7.05 Å². The van der Waals surface area contributed by atoms with Gasteiger partial charge < -0.3 is 9.47 Å². The number of nitrogens with zero attached hydrogens (tertiary/aromatic N) is 3. The Hall–Kier alpha value is -4.92. The zero-order valence-corrected chi connectivity index (χ0v) is 20.2. The maximum absolute atomic E-state index is 14.1. The second kappa shape index (κ2) is 8.63. The molecule has 4 aromatic rings. The normalized spacial score (nSPS) is 14.7. The van der Waals surface area contributed by atoms with Crippen molar-refractivity contribution >= 4 is 28.8 Å². The third kappa shape index (κ3) is 3.55. The van der Waals surface area contributed by atoms with E-state index in [1.807, 2.05) is 55.6 Å². The van der Waals surface area contributed by atoms with Gasteiger partial charge in [-0.25, -0.2) is 4.90 Å². The summed E-state index contributed by atoms with van der Waals surface area (Å²) in [6.45, 7) is 2.07. The Morgan fingerprint density at radius 3 is 2.51 bits per heavy atom. The number of carbonyl (C=O) groups is 2. The average Bonchev–Trinajstić information content (AvgIpc) is 3.58.